The molecule has 1 atom stereocenters. The van der Waals surface area contributed by atoms with Crippen molar-refractivity contribution < 1.29 is 14.6 Å². The maximum absolute atomic E-state index is 10.9. The third kappa shape index (κ3) is 4.86. The van der Waals surface area contributed by atoms with E-state index in [1.165, 1.54) is 12.8 Å². The van der Waals surface area contributed by atoms with Crippen LogP contribution in [0.2, 0.25) is 0 Å². The smallest absolute Gasteiger partial charge is 0.335 e. The van der Waals surface area contributed by atoms with Crippen LogP contribution in [0, 0.1) is 5.92 Å². The van der Waals surface area contributed by atoms with Crippen molar-refractivity contribution in [3.05, 3.63) is 47.9 Å². The van der Waals surface area contributed by atoms with Crippen molar-refractivity contribution in [2.45, 2.75) is 19.3 Å². The molecule has 1 aliphatic rings. The van der Waals surface area contributed by atoms with Gasteiger partial charge in [0.2, 0.25) is 0 Å². The van der Waals surface area contributed by atoms with Gasteiger partial charge in [0.1, 0.15) is 0 Å². The number of piperidine rings is 1. The number of ether oxygens (including phenoxy) is 1. The summed E-state index contributed by atoms with van der Waals surface area (Å²) in [4.78, 5) is 22.5. The molecule has 0 aliphatic carbocycles. The van der Waals surface area contributed by atoms with Crippen LogP contribution < -0.4 is 0 Å². The fraction of sp³-hybridized carbons (Fsp3) is 0.450. The molecule has 2 heterocycles. The zero-order valence-corrected chi connectivity index (χ0v) is 15.1. The quantitative estimate of drug-likeness (QED) is 0.823. The summed E-state index contributed by atoms with van der Waals surface area (Å²) >= 11 is 0. The van der Waals surface area contributed by atoms with E-state index in [1.807, 2.05) is 6.20 Å². The van der Waals surface area contributed by atoms with Crippen molar-refractivity contribution in [3.8, 4) is 11.3 Å². The fourth-order valence-electron chi connectivity index (χ4n) is 3.43. The van der Waals surface area contributed by atoms with Gasteiger partial charge in [0, 0.05) is 32.0 Å². The lowest BCUT2D eigenvalue weighted by Crippen LogP contribution is -2.38. The molecule has 26 heavy (non-hydrogen) atoms. The number of benzene rings is 1. The molecule has 0 spiro atoms. The molecule has 1 aromatic heterocycles. The van der Waals surface area contributed by atoms with Gasteiger partial charge < -0.3 is 14.7 Å². The number of rotatable bonds is 7. The van der Waals surface area contributed by atoms with Gasteiger partial charge in [0.15, 0.2) is 0 Å². The molecule has 0 amide bonds. The molecule has 0 saturated carbocycles. The maximum Gasteiger partial charge on any atom is 0.335 e. The highest BCUT2D eigenvalue weighted by atomic mass is 16.5. The molecule has 1 aliphatic heterocycles. The lowest BCUT2D eigenvalue weighted by atomic mass is 9.93. The highest BCUT2D eigenvalue weighted by molar-refractivity contribution is 5.88. The SMILES string of the molecule is COCCN1CCC[C@@H](Cc2cnc(-c3ccc(C(=O)O)cc3)cn2)C1. The maximum atomic E-state index is 10.9. The van der Waals surface area contributed by atoms with E-state index >= 15 is 0 Å². The van der Waals surface area contributed by atoms with Gasteiger partial charge in [-0.25, -0.2) is 4.79 Å². The van der Waals surface area contributed by atoms with E-state index in [0.29, 0.717) is 5.92 Å². The van der Waals surface area contributed by atoms with Crippen molar-refractivity contribution >= 4 is 5.97 Å². The van der Waals surface area contributed by atoms with Gasteiger partial charge in [0.05, 0.1) is 29.8 Å². The average Bonchev–Trinajstić information content (AvgIpc) is 2.67. The fourth-order valence-corrected chi connectivity index (χ4v) is 3.43. The van der Waals surface area contributed by atoms with Crippen LogP contribution in [0.4, 0.5) is 0 Å². The number of likely N-dealkylation sites (tertiary alicyclic amines) is 1. The van der Waals surface area contributed by atoms with Crippen LogP contribution in [0.3, 0.4) is 0 Å². The number of methoxy groups -OCH3 is 1. The highest BCUT2D eigenvalue weighted by Crippen LogP contribution is 2.21. The van der Waals surface area contributed by atoms with E-state index in [9.17, 15) is 4.79 Å². The van der Waals surface area contributed by atoms with E-state index in [4.69, 9.17) is 9.84 Å². The topological polar surface area (TPSA) is 75.5 Å². The number of hydrogen-bond acceptors (Lipinski definition) is 5. The van der Waals surface area contributed by atoms with Crippen LogP contribution in [-0.2, 0) is 11.2 Å². The Morgan fingerprint density at radius 1 is 1.27 bits per heavy atom. The van der Waals surface area contributed by atoms with E-state index < -0.39 is 5.97 Å². The minimum atomic E-state index is -0.926. The standard InChI is InChI=1S/C20H25N3O3/c1-26-10-9-23-8-2-3-15(14-23)11-18-12-22-19(13-21-18)16-4-6-17(7-5-16)20(24)25/h4-7,12-13,15H,2-3,8-11,14H2,1H3,(H,24,25)/t15-/m0/s1. The molecule has 138 valence electrons. The van der Waals surface area contributed by atoms with Gasteiger partial charge in [-0.2, -0.15) is 0 Å². The number of aromatic carboxylic acids is 1. The van der Waals surface area contributed by atoms with Gasteiger partial charge in [0.25, 0.3) is 0 Å². The van der Waals surface area contributed by atoms with E-state index in [0.717, 1.165) is 49.6 Å². The number of hydrogen-bond donors (Lipinski definition) is 1. The molecule has 0 bridgehead atoms. The number of carboxylic acid groups (broad SMARTS) is 1. The Morgan fingerprint density at radius 3 is 2.73 bits per heavy atom. The molecule has 2 aromatic rings. The van der Waals surface area contributed by atoms with Gasteiger partial charge >= 0.3 is 5.97 Å². The Hall–Kier alpha value is -2.31. The van der Waals surface area contributed by atoms with E-state index in [2.05, 4.69) is 14.9 Å². The summed E-state index contributed by atoms with van der Waals surface area (Å²) in [5.74, 6) is -0.319. The predicted octanol–water partition coefficient (Wildman–Crippen LogP) is 2.74. The Morgan fingerprint density at radius 2 is 2.08 bits per heavy atom. The summed E-state index contributed by atoms with van der Waals surface area (Å²) < 4.78 is 5.18. The van der Waals surface area contributed by atoms with Crippen molar-refractivity contribution in [1.29, 1.82) is 0 Å². The molecular weight excluding hydrogens is 330 g/mol. The molecule has 0 unspecified atom stereocenters. The van der Waals surface area contributed by atoms with Gasteiger partial charge in [-0.1, -0.05) is 12.1 Å². The first-order valence-electron chi connectivity index (χ1n) is 9.01. The zero-order valence-electron chi connectivity index (χ0n) is 15.1. The first-order valence-corrected chi connectivity index (χ1v) is 9.01. The van der Waals surface area contributed by atoms with Crippen molar-refractivity contribution in [1.82, 2.24) is 14.9 Å². The van der Waals surface area contributed by atoms with Crippen LogP contribution in [-0.4, -0.2) is 59.3 Å². The van der Waals surface area contributed by atoms with Gasteiger partial charge in [-0.05, 0) is 43.9 Å². The lowest BCUT2D eigenvalue weighted by Gasteiger charge is -2.32. The van der Waals surface area contributed by atoms with Gasteiger partial charge in [-0.3, -0.25) is 9.97 Å². The van der Waals surface area contributed by atoms with Crippen LogP contribution >= 0.6 is 0 Å². The average molecular weight is 355 g/mol. The Balaban J connectivity index is 1.59. The second-order valence-electron chi connectivity index (χ2n) is 6.78. The molecule has 1 N–H and O–H groups in total. The molecule has 3 rings (SSSR count). The Bertz CT molecular complexity index is 716. The summed E-state index contributed by atoms with van der Waals surface area (Å²) in [6, 6.07) is 6.71. The normalized spacial score (nSPS) is 18.0. The lowest BCUT2D eigenvalue weighted by molar-refractivity contribution is 0.0697. The second kappa shape index (κ2) is 8.87. The van der Waals surface area contributed by atoms with Gasteiger partial charge in [-0.15, -0.1) is 0 Å². The molecule has 1 fully saturated rings. The summed E-state index contributed by atoms with van der Waals surface area (Å²) in [6.45, 7) is 4.01. The van der Waals surface area contributed by atoms with Crippen LogP contribution in [0.15, 0.2) is 36.7 Å². The zero-order chi connectivity index (χ0) is 18.4. The summed E-state index contributed by atoms with van der Waals surface area (Å²) in [7, 11) is 1.74. The van der Waals surface area contributed by atoms with E-state index in [-0.39, 0.29) is 5.56 Å². The molecule has 1 saturated heterocycles. The largest absolute Gasteiger partial charge is 0.478 e. The van der Waals surface area contributed by atoms with Crippen LogP contribution in [0.1, 0.15) is 28.9 Å². The first kappa shape index (κ1) is 18.5. The third-order valence-corrected chi connectivity index (χ3v) is 4.85. The number of carboxylic acids is 1. The first-order chi connectivity index (χ1) is 12.7. The molecule has 0 radical (unpaired) electrons. The summed E-state index contributed by atoms with van der Waals surface area (Å²) in [5.41, 5.74) is 2.91. The molecule has 1 aromatic carbocycles. The second-order valence-corrected chi connectivity index (χ2v) is 6.78. The van der Waals surface area contributed by atoms with Crippen LogP contribution in [0.25, 0.3) is 11.3 Å². The minimum absolute atomic E-state index is 0.272. The Labute approximate surface area is 153 Å². The highest BCUT2D eigenvalue weighted by Gasteiger charge is 2.20. The monoisotopic (exact) mass is 355 g/mol. The summed E-state index contributed by atoms with van der Waals surface area (Å²) in [5, 5.41) is 8.97. The summed E-state index contributed by atoms with van der Waals surface area (Å²) in [6.07, 6.45) is 7.00. The minimum Gasteiger partial charge on any atom is -0.478 e. The predicted molar refractivity (Wildman–Crippen MR) is 99.2 cm³/mol. The molecule has 6 heteroatoms. The number of nitrogens with zero attached hydrogens (tertiary/aromatic N) is 3. The van der Waals surface area contributed by atoms with E-state index in [1.54, 1.807) is 37.6 Å². The molecular formula is C20H25N3O3. The third-order valence-electron chi connectivity index (χ3n) is 4.85. The number of carbonyl (C=O) groups is 1. The van der Waals surface area contributed by atoms with Crippen molar-refractivity contribution in [3.63, 3.8) is 0 Å². The van der Waals surface area contributed by atoms with Crippen molar-refractivity contribution in [2.75, 3.05) is 33.4 Å². The van der Waals surface area contributed by atoms with Crippen molar-refractivity contribution in [2.24, 2.45) is 5.92 Å². The Kier molecular flexibility index (Phi) is 6.30. The molecule has 6 nitrogen and oxygen atoms in total. The number of aromatic nitrogens is 2. The van der Waals surface area contributed by atoms with Crippen LogP contribution in [0.5, 0.6) is 0 Å².